The van der Waals surface area contributed by atoms with E-state index < -0.39 is 62.4 Å². The monoisotopic (exact) mass is 849 g/mol. The van der Waals surface area contributed by atoms with Crippen LogP contribution in [0.25, 0.3) is 0 Å². The van der Waals surface area contributed by atoms with Crippen LogP contribution in [0.5, 0.6) is 0 Å². The van der Waals surface area contributed by atoms with Crippen LogP contribution < -0.4 is 51.4 Å². The van der Waals surface area contributed by atoms with Crippen LogP contribution in [0.4, 0.5) is 0 Å². The SMILES string of the molecule is O=S(=O)([O-])OOS(=O)(=O)[O-].O=S(=O)([O-])OOS(=O)(=O)[O-].O=S(=O)([O-])OOS(=O)(=O)[O-].[K+].[Mo+4].[O]=[Sb+]. The molecule has 0 spiro atoms. The molecule has 34 heteroatoms. The summed E-state index contributed by atoms with van der Waals surface area (Å²) in [6.07, 6.45) is 0. The van der Waals surface area contributed by atoms with Gasteiger partial charge < -0.3 is 27.3 Å². The third kappa shape index (κ3) is 70.0. The Hall–Kier alpha value is 2.16. The molecule has 0 aliphatic carbocycles. The van der Waals surface area contributed by atoms with E-state index in [1.165, 1.54) is 0 Å². The Morgan fingerprint density at radius 1 is 0.353 bits per heavy atom. The molecule has 34 heavy (non-hydrogen) atoms. The van der Waals surface area contributed by atoms with Gasteiger partial charge in [0, 0.05) is 0 Å². The van der Waals surface area contributed by atoms with Gasteiger partial charge >= 0.3 is 98.5 Å². The fraction of sp³-hybridized carbons (Fsp3) is 0. The molecule has 0 aromatic heterocycles. The first-order valence-electron chi connectivity index (χ1n) is 4.68. The summed E-state index contributed by atoms with van der Waals surface area (Å²) >= 11 is 0.500. The molecule has 0 heterocycles. The molecule has 2 radical (unpaired) electrons. The van der Waals surface area contributed by atoms with Crippen LogP contribution in [0.15, 0.2) is 0 Å². The third-order valence-corrected chi connectivity index (χ3v) is 2.25. The van der Waals surface area contributed by atoms with Crippen molar-refractivity contribution >= 4 is 85.4 Å². The first-order chi connectivity index (χ1) is 13.6. The van der Waals surface area contributed by atoms with Gasteiger partial charge in [0.25, 0.3) is 0 Å². The first-order valence-corrected chi connectivity index (χ1v) is 13.7. The van der Waals surface area contributed by atoms with Crippen LogP contribution >= 0.6 is 0 Å². The van der Waals surface area contributed by atoms with Crippen LogP contribution in [0.1, 0.15) is 0 Å². The summed E-state index contributed by atoms with van der Waals surface area (Å²) in [5.74, 6) is 0. The molecule has 25 nitrogen and oxygen atoms in total. The number of hydrogen-bond donors (Lipinski definition) is 0. The Balaban J connectivity index is -0.0000000809. The van der Waals surface area contributed by atoms with Gasteiger partial charge in [0.15, 0.2) is 0 Å². The van der Waals surface area contributed by atoms with E-state index in [1.54, 1.807) is 0 Å². The molecule has 0 amide bonds. The Kier molecular flexibility index (Phi) is 30.4. The van der Waals surface area contributed by atoms with Crippen molar-refractivity contribution in [2.75, 3.05) is 0 Å². The van der Waals surface area contributed by atoms with Crippen molar-refractivity contribution in [3.63, 3.8) is 0 Å². The summed E-state index contributed by atoms with van der Waals surface area (Å²) in [7, 11) is -31.9. The minimum atomic E-state index is -5.31. The predicted octanol–water partition coefficient (Wildman–Crippen LogP) is -9.93. The van der Waals surface area contributed by atoms with Crippen LogP contribution in [0.2, 0.25) is 0 Å². The Bertz CT molecular complexity index is 918. The van der Waals surface area contributed by atoms with Crippen LogP contribution in [0.3, 0.4) is 0 Å². The van der Waals surface area contributed by atoms with Crippen molar-refractivity contribution in [2.24, 2.45) is 0 Å². The summed E-state index contributed by atoms with van der Waals surface area (Å²) < 4.78 is 193. The molecule has 0 saturated heterocycles. The fourth-order valence-electron chi connectivity index (χ4n) is 0.204. The van der Waals surface area contributed by atoms with E-state index in [9.17, 15) is 77.8 Å². The predicted molar refractivity (Wildman–Crippen MR) is 71.1 cm³/mol. The van der Waals surface area contributed by atoms with E-state index in [1.807, 2.05) is 0 Å². The van der Waals surface area contributed by atoms with Crippen LogP contribution in [0, 0.1) is 0 Å². The van der Waals surface area contributed by atoms with Gasteiger partial charge in [-0.2, -0.15) is 0 Å². The minimum absolute atomic E-state index is 0. The normalized spacial score (nSPS) is 11.9. The number of hydrogen-bond acceptors (Lipinski definition) is 25. The van der Waals surface area contributed by atoms with Crippen molar-refractivity contribution in [3.8, 4) is 0 Å². The second kappa shape index (κ2) is 21.0. The van der Waals surface area contributed by atoms with E-state index >= 15 is 0 Å². The summed E-state index contributed by atoms with van der Waals surface area (Å²) in [6.45, 7) is 0. The fourth-order valence-corrected chi connectivity index (χ4v) is 1.84. The molecule has 0 saturated carbocycles. The summed E-state index contributed by atoms with van der Waals surface area (Å²) in [5, 5.41) is 0. The Morgan fingerprint density at radius 3 is 0.441 bits per heavy atom. The first kappa shape index (κ1) is 49.1. The second-order valence-corrected chi connectivity index (χ2v) is 8.57. The number of rotatable bonds is 9. The zero-order chi connectivity index (χ0) is 27.2. The Morgan fingerprint density at radius 2 is 0.412 bits per heavy atom. The molecule has 0 aromatic rings. The molecule has 0 aliphatic heterocycles. The molecule has 0 aliphatic rings. The summed E-state index contributed by atoms with van der Waals surface area (Å²) in [5.41, 5.74) is 0. The van der Waals surface area contributed by atoms with Gasteiger partial charge in [-0.05, 0) is 0 Å². The van der Waals surface area contributed by atoms with Crippen molar-refractivity contribution in [1.29, 1.82) is 0 Å². The van der Waals surface area contributed by atoms with Crippen molar-refractivity contribution in [1.82, 2.24) is 0 Å². The van der Waals surface area contributed by atoms with Crippen molar-refractivity contribution in [3.05, 3.63) is 0 Å². The quantitative estimate of drug-likeness (QED) is 0.0683. The van der Waals surface area contributed by atoms with E-state index in [2.05, 4.69) is 26.0 Å². The van der Waals surface area contributed by atoms with E-state index in [0.29, 0.717) is 23.0 Å². The molecule has 0 bridgehead atoms. The zero-order valence-electron chi connectivity index (χ0n) is 14.5. The van der Waals surface area contributed by atoms with Gasteiger partial charge in [-0.1, -0.05) is 0 Å². The summed E-state index contributed by atoms with van der Waals surface area (Å²) in [4.78, 5) is 0. The van der Waals surface area contributed by atoms with Gasteiger partial charge in [-0.15, -0.1) is 26.0 Å². The van der Waals surface area contributed by atoms with Gasteiger partial charge in [-0.3, -0.25) is 0 Å². The molecule has 0 unspecified atom stereocenters. The van der Waals surface area contributed by atoms with E-state index in [-0.39, 0.29) is 72.4 Å². The molecule has 0 atom stereocenters. The standard InChI is InChI=1S/K.Mo.3H2O8S2.O.Sb/c;;3*1-9(2,3)7-8-10(4,5)6;;/h;;3*(H,1,2,3)(H,4,5,6);;/q+1;+4;;;;;+1/p-6. The van der Waals surface area contributed by atoms with Gasteiger partial charge in [0.2, 0.25) is 62.4 Å². The van der Waals surface area contributed by atoms with Crippen molar-refractivity contribution < 1.29 is 179 Å². The van der Waals surface area contributed by atoms with Crippen LogP contribution in [-0.2, 0) is 112 Å². The van der Waals surface area contributed by atoms with E-state index in [4.69, 9.17) is 3.02 Å². The van der Waals surface area contributed by atoms with Crippen molar-refractivity contribution in [2.45, 2.75) is 0 Å². The van der Waals surface area contributed by atoms with E-state index in [0.717, 1.165) is 0 Å². The van der Waals surface area contributed by atoms with Gasteiger partial charge in [0.05, 0.1) is 0 Å². The summed E-state index contributed by atoms with van der Waals surface area (Å²) in [6, 6.07) is 0. The maximum atomic E-state index is 9.37. The molecule has 0 fully saturated rings. The maximum absolute atomic E-state index is 9.37. The molecule has 0 rings (SSSR count). The molecular weight excluding hydrogens is 849 g/mol. The molecule has 0 aromatic carbocycles. The molecule has 0 N–H and O–H groups in total. The second-order valence-electron chi connectivity index (χ2n) is 2.86. The molecular formula is KMoO25S6Sb. The molecule has 198 valence electrons. The topological polar surface area (TPSA) is 416 Å². The van der Waals surface area contributed by atoms with Crippen LogP contribution in [-0.4, -0.2) is 101 Å². The van der Waals surface area contributed by atoms with Gasteiger partial charge in [0.1, 0.15) is 0 Å². The third-order valence-electron chi connectivity index (χ3n) is 0.583. The average Bonchev–Trinajstić information content (AvgIpc) is 2.49. The average molecular weight is 849 g/mol. The zero-order valence-corrected chi connectivity index (χ0v) is 27.1. The van der Waals surface area contributed by atoms with Gasteiger partial charge in [-0.25, -0.2) is 50.5 Å². The Labute approximate surface area is 260 Å².